The normalized spacial score (nSPS) is 15.8. The quantitative estimate of drug-likeness (QED) is 0.498. The minimum Gasteiger partial charge on any atom is -0.465 e. The average Bonchev–Trinajstić information content (AvgIpc) is 2.97. The maximum atomic E-state index is 12.5. The molecule has 1 aromatic heterocycles. The van der Waals surface area contributed by atoms with Gasteiger partial charge >= 0.3 is 5.97 Å². The summed E-state index contributed by atoms with van der Waals surface area (Å²) in [6.45, 7) is 2.16. The summed E-state index contributed by atoms with van der Waals surface area (Å²) in [7, 11) is 1.32. The number of ether oxygens (including phenoxy) is 1. The van der Waals surface area contributed by atoms with Crippen molar-refractivity contribution in [2.24, 2.45) is 5.92 Å². The van der Waals surface area contributed by atoms with Crippen LogP contribution >= 0.6 is 11.3 Å². The van der Waals surface area contributed by atoms with Crippen LogP contribution in [0.1, 0.15) is 44.5 Å². The molecule has 26 heavy (non-hydrogen) atoms. The summed E-state index contributed by atoms with van der Waals surface area (Å²) in [5.74, 6) is -0.349. The first-order valence-corrected chi connectivity index (χ1v) is 9.01. The van der Waals surface area contributed by atoms with Gasteiger partial charge in [0.05, 0.1) is 17.6 Å². The molecule has 0 saturated carbocycles. The van der Waals surface area contributed by atoms with Crippen LogP contribution in [-0.2, 0) is 17.6 Å². The fourth-order valence-corrected chi connectivity index (χ4v) is 4.46. The third-order valence-electron chi connectivity index (χ3n) is 4.47. The van der Waals surface area contributed by atoms with E-state index in [1.54, 1.807) is 0 Å². The number of thiophene rings is 1. The molecule has 136 valence electrons. The van der Waals surface area contributed by atoms with Gasteiger partial charge in [0.1, 0.15) is 5.00 Å². The minimum atomic E-state index is -0.522. The van der Waals surface area contributed by atoms with Crippen molar-refractivity contribution in [3.05, 3.63) is 55.9 Å². The summed E-state index contributed by atoms with van der Waals surface area (Å²) >= 11 is 1.40. The van der Waals surface area contributed by atoms with E-state index in [4.69, 9.17) is 4.74 Å². The van der Waals surface area contributed by atoms with Crippen molar-refractivity contribution >= 4 is 33.9 Å². The molecule has 1 aliphatic carbocycles. The number of carbonyl (C=O) groups excluding carboxylic acids is 2. The third kappa shape index (κ3) is 3.45. The highest BCUT2D eigenvalue weighted by Crippen LogP contribution is 2.40. The molecule has 1 amide bonds. The molecule has 1 aromatic carbocycles. The average molecular weight is 374 g/mol. The summed E-state index contributed by atoms with van der Waals surface area (Å²) in [4.78, 5) is 36.1. The number of hydrogen-bond donors (Lipinski definition) is 1. The summed E-state index contributed by atoms with van der Waals surface area (Å²) in [6.07, 6.45) is 2.64. The van der Waals surface area contributed by atoms with Crippen molar-refractivity contribution in [2.75, 3.05) is 12.4 Å². The maximum Gasteiger partial charge on any atom is 0.341 e. The number of nitro benzene ring substituents is 1. The van der Waals surface area contributed by atoms with Gasteiger partial charge in [-0.3, -0.25) is 14.9 Å². The van der Waals surface area contributed by atoms with Gasteiger partial charge in [-0.15, -0.1) is 11.3 Å². The smallest absolute Gasteiger partial charge is 0.341 e. The van der Waals surface area contributed by atoms with E-state index in [1.165, 1.54) is 42.7 Å². The molecule has 0 radical (unpaired) electrons. The van der Waals surface area contributed by atoms with Gasteiger partial charge in [-0.05, 0) is 42.9 Å². The Morgan fingerprint density at radius 1 is 1.31 bits per heavy atom. The highest BCUT2D eigenvalue weighted by atomic mass is 32.1. The number of hydrogen-bond acceptors (Lipinski definition) is 6. The van der Waals surface area contributed by atoms with Gasteiger partial charge in [0.15, 0.2) is 0 Å². The predicted octanol–water partition coefficient (Wildman–Crippen LogP) is 3.82. The van der Waals surface area contributed by atoms with E-state index in [2.05, 4.69) is 12.2 Å². The second-order valence-electron chi connectivity index (χ2n) is 6.31. The molecule has 3 rings (SSSR count). The second-order valence-corrected chi connectivity index (χ2v) is 7.41. The van der Waals surface area contributed by atoms with Crippen LogP contribution in [0.3, 0.4) is 0 Å². The molecule has 1 atom stereocenters. The predicted molar refractivity (Wildman–Crippen MR) is 97.9 cm³/mol. The van der Waals surface area contributed by atoms with Crippen molar-refractivity contribution in [1.82, 2.24) is 0 Å². The summed E-state index contributed by atoms with van der Waals surface area (Å²) < 4.78 is 4.90. The number of nitro groups is 1. The monoisotopic (exact) mass is 374 g/mol. The Hall–Kier alpha value is -2.74. The van der Waals surface area contributed by atoms with Crippen molar-refractivity contribution in [1.29, 1.82) is 0 Å². The maximum absolute atomic E-state index is 12.5. The van der Waals surface area contributed by atoms with Crippen molar-refractivity contribution < 1.29 is 19.2 Å². The van der Waals surface area contributed by atoms with Gasteiger partial charge in [-0.2, -0.15) is 0 Å². The highest BCUT2D eigenvalue weighted by Gasteiger charge is 2.29. The molecule has 1 aliphatic rings. The number of anilines is 1. The van der Waals surface area contributed by atoms with Crippen molar-refractivity contribution in [2.45, 2.75) is 26.2 Å². The van der Waals surface area contributed by atoms with E-state index < -0.39 is 16.8 Å². The Morgan fingerprint density at radius 2 is 2.00 bits per heavy atom. The lowest BCUT2D eigenvalue weighted by Crippen LogP contribution is -2.16. The number of nitrogens with one attached hydrogen (secondary N) is 1. The zero-order chi connectivity index (χ0) is 18.8. The first-order valence-electron chi connectivity index (χ1n) is 8.19. The van der Waals surface area contributed by atoms with Crippen LogP contribution in [0.15, 0.2) is 24.3 Å². The largest absolute Gasteiger partial charge is 0.465 e. The number of amides is 1. The number of benzene rings is 1. The second kappa shape index (κ2) is 7.25. The van der Waals surface area contributed by atoms with E-state index in [0.717, 1.165) is 29.7 Å². The number of carbonyl (C=O) groups is 2. The summed E-state index contributed by atoms with van der Waals surface area (Å²) in [5.41, 5.74) is 1.58. The summed E-state index contributed by atoms with van der Waals surface area (Å²) in [6, 6.07) is 5.33. The first-order chi connectivity index (χ1) is 12.4. The lowest BCUT2D eigenvalue weighted by Gasteiger charge is -2.18. The van der Waals surface area contributed by atoms with Crippen LogP contribution in [0.2, 0.25) is 0 Å². The van der Waals surface area contributed by atoms with Crippen LogP contribution in [0.5, 0.6) is 0 Å². The summed E-state index contributed by atoms with van der Waals surface area (Å²) in [5, 5.41) is 14.0. The van der Waals surface area contributed by atoms with Gasteiger partial charge < -0.3 is 10.1 Å². The van der Waals surface area contributed by atoms with Gasteiger partial charge in [0.25, 0.3) is 11.6 Å². The van der Waals surface area contributed by atoms with Crippen LogP contribution in [0.4, 0.5) is 10.7 Å². The van der Waals surface area contributed by atoms with Gasteiger partial charge in [-0.1, -0.05) is 6.92 Å². The van der Waals surface area contributed by atoms with Crippen LogP contribution in [0.25, 0.3) is 0 Å². The van der Waals surface area contributed by atoms with Crippen molar-refractivity contribution in [3.8, 4) is 0 Å². The molecular formula is C18H18N2O5S. The Bertz CT molecular complexity index is 872. The lowest BCUT2D eigenvalue weighted by atomic mass is 9.88. The number of fused-ring (bicyclic) bond motifs is 1. The topological polar surface area (TPSA) is 98.5 Å². The Morgan fingerprint density at radius 3 is 2.62 bits per heavy atom. The number of esters is 1. The molecule has 1 N–H and O–H groups in total. The van der Waals surface area contributed by atoms with Crippen molar-refractivity contribution in [3.63, 3.8) is 0 Å². The minimum absolute atomic E-state index is 0.0858. The number of nitrogens with zero attached hydrogens (tertiary/aromatic N) is 1. The fourth-order valence-electron chi connectivity index (χ4n) is 3.07. The third-order valence-corrected chi connectivity index (χ3v) is 5.64. The lowest BCUT2D eigenvalue weighted by molar-refractivity contribution is -0.384. The SMILES string of the molecule is COC(=O)c1c(NC(=O)c2ccc([N+](=O)[O-])cc2)sc2c1CCC(C)C2. The zero-order valence-electron chi connectivity index (χ0n) is 14.4. The molecule has 8 heteroatoms. The van der Waals surface area contributed by atoms with Crippen LogP contribution in [0, 0.1) is 16.0 Å². The standard InChI is InChI=1S/C18H18N2O5S/c1-10-3-8-13-14(9-10)26-17(15(13)18(22)25-2)19-16(21)11-4-6-12(7-5-11)20(23)24/h4-7,10H,3,8-9H2,1-2H3,(H,19,21). The molecule has 1 heterocycles. The van der Waals surface area contributed by atoms with Gasteiger partial charge in [-0.25, -0.2) is 4.79 Å². The molecule has 0 aliphatic heterocycles. The molecule has 2 aromatic rings. The Balaban J connectivity index is 1.90. The highest BCUT2D eigenvalue weighted by molar-refractivity contribution is 7.17. The Kier molecular flexibility index (Phi) is 5.03. The number of rotatable bonds is 4. The first kappa shape index (κ1) is 18.1. The molecule has 0 saturated heterocycles. The van der Waals surface area contributed by atoms with E-state index in [0.29, 0.717) is 16.5 Å². The van der Waals surface area contributed by atoms with E-state index in [-0.39, 0.29) is 11.3 Å². The molecule has 1 unspecified atom stereocenters. The molecule has 0 spiro atoms. The molecule has 0 fully saturated rings. The zero-order valence-corrected chi connectivity index (χ0v) is 15.2. The number of methoxy groups -OCH3 is 1. The van der Waals surface area contributed by atoms with E-state index >= 15 is 0 Å². The van der Waals surface area contributed by atoms with E-state index in [9.17, 15) is 19.7 Å². The van der Waals surface area contributed by atoms with E-state index in [1.807, 2.05) is 0 Å². The van der Waals surface area contributed by atoms with Gasteiger partial charge in [0, 0.05) is 22.6 Å². The number of non-ortho nitro benzene ring substituents is 1. The Labute approximate surface area is 154 Å². The van der Waals surface area contributed by atoms with Crippen LogP contribution < -0.4 is 5.32 Å². The van der Waals surface area contributed by atoms with Crippen LogP contribution in [-0.4, -0.2) is 23.9 Å². The fraction of sp³-hybridized carbons (Fsp3) is 0.333. The molecular weight excluding hydrogens is 356 g/mol. The van der Waals surface area contributed by atoms with Gasteiger partial charge in [0.2, 0.25) is 0 Å². The molecule has 0 bridgehead atoms. The molecule has 7 nitrogen and oxygen atoms in total.